The quantitative estimate of drug-likeness (QED) is 0.831. The number of ketones is 1. The van der Waals surface area contributed by atoms with Crippen LogP contribution in [0.25, 0.3) is 0 Å². The minimum absolute atomic E-state index is 0.0536. The number of fused-ring (bicyclic) bond motifs is 1. The first-order chi connectivity index (χ1) is 8.65. The van der Waals surface area contributed by atoms with Crippen molar-refractivity contribution in [1.29, 1.82) is 0 Å². The van der Waals surface area contributed by atoms with Crippen molar-refractivity contribution in [3.63, 3.8) is 0 Å². The fourth-order valence-corrected chi connectivity index (χ4v) is 2.05. The highest BCUT2D eigenvalue weighted by atomic mass is 19.1. The van der Waals surface area contributed by atoms with E-state index in [0.29, 0.717) is 5.56 Å². The van der Waals surface area contributed by atoms with Crippen LogP contribution in [0.3, 0.4) is 0 Å². The minimum atomic E-state index is -0.529. The summed E-state index contributed by atoms with van der Waals surface area (Å²) >= 11 is 0. The molecule has 1 aliphatic rings. The molecule has 1 heterocycles. The molecule has 0 radical (unpaired) electrons. The molecule has 0 saturated heterocycles. The van der Waals surface area contributed by atoms with Gasteiger partial charge >= 0.3 is 5.97 Å². The van der Waals surface area contributed by atoms with Crippen LogP contribution in [0.5, 0.6) is 0 Å². The monoisotopic (exact) mass is 251 g/mol. The van der Waals surface area contributed by atoms with E-state index in [4.69, 9.17) is 0 Å². The molecular formula is C13H14FNO3. The van der Waals surface area contributed by atoms with E-state index in [0.717, 1.165) is 11.3 Å². The van der Waals surface area contributed by atoms with Gasteiger partial charge in [-0.2, -0.15) is 0 Å². The van der Waals surface area contributed by atoms with Crippen LogP contribution < -0.4 is 5.32 Å². The van der Waals surface area contributed by atoms with E-state index in [1.54, 1.807) is 18.2 Å². The zero-order valence-corrected chi connectivity index (χ0v) is 10.0. The van der Waals surface area contributed by atoms with Gasteiger partial charge in [-0.05, 0) is 23.8 Å². The number of halogens is 1. The van der Waals surface area contributed by atoms with Gasteiger partial charge in [0.25, 0.3) is 0 Å². The van der Waals surface area contributed by atoms with Crippen LogP contribution in [-0.2, 0) is 16.0 Å². The molecule has 18 heavy (non-hydrogen) atoms. The normalized spacial score (nSPS) is 17.9. The standard InChI is InChI=1S/C13H14FNO3/c1-18-13(17)8-2-3-10-9(6-8)7-12(16)11(15-10)4-5-14/h2-3,6,11,15H,4-5,7H2,1H3. The summed E-state index contributed by atoms with van der Waals surface area (Å²) in [6, 6.07) is 4.52. The summed E-state index contributed by atoms with van der Waals surface area (Å²) in [7, 11) is 1.31. The highest BCUT2D eigenvalue weighted by Crippen LogP contribution is 2.25. The molecule has 0 aromatic heterocycles. The van der Waals surface area contributed by atoms with Crippen molar-refractivity contribution in [3.8, 4) is 0 Å². The average molecular weight is 251 g/mol. The lowest BCUT2D eigenvalue weighted by molar-refractivity contribution is -0.119. The number of hydrogen-bond donors (Lipinski definition) is 1. The number of rotatable bonds is 3. The number of Topliss-reactive ketones (excluding diaryl/α,β-unsaturated/α-hetero) is 1. The predicted octanol–water partition coefficient (Wildman–Crippen LogP) is 1.74. The smallest absolute Gasteiger partial charge is 0.337 e. The van der Waals surface area contributed by atoms with Gasteiger partial charge in [-0.3, -0.25) is 9.18 Å². The van der Waals surface area contributed by atoms with E-state index >= 15 is 0 Å². The molecule has 0 amide bonds. The number of hydrogen-bond acceptors (Lipinski definition) is 4. The number of carbonyl (C=O) groups is 2. The molecule has 0 aliphatic carbocycles. The highest BCUT2D eigenvalue weighted by Gasteiger charge is 2.25. The number of carbonyl (C=O) groups excluding carboxylic acids is 2. The largest absolute Gasteiger partial charge is 0.465 e. The topological polar surface area (TPSA) is 55.4 Å². The van der Waals surface area contributed by atoms with Gasteiger partial charge in [-0.1, -0.05) is 0 Å². The Kier molecular flexibility index (Phi) is 3.60. The van der Waals surface area contributed by atoms with E-state index in [2.05, 4.69) is 10.1 Å². The molecule has 0 spiro atoms. The maximum atomic E-state index is 12.3. The highest BCUT2D eigenvalue weighted by molar-refractivity contribution is 5.95. The van der Waals surface area contributed by atoms with Crippen molar-refractivity contribution in [2.45, 2.75) is 18.9 Å². The molecule has 1 N–H and O–H groups in total. The van der Waals surface area contributed by atoms with E-state index < -0.39 is 18.7 Å². The zero-order chi connectivity index (χ0) is 13.1. The minimum Gasteiger partial charge on any atom is -0.465 e. The van der Waals surface area contributed by atoms with Gasteiger partial charge in [0.15, 0.2) is 5.78 Å². The van der Waals surface area contributed by atoms with E-state index in [1.807, 2.05) is 0 Å². The molecule has 0 bridgehead atoms. The number of esters is 1. The third-order valence-corrected chi connectivity index (χ3v) is 3.01. The van der Waals surface area contributed by atoms with E-state index in [9.17, 15) is 14.0 Å². The van der Waals surface area contributed by atoms with Crippen molar-refractivity contribution in [2.75, 3.05) is 19.1 Å². The Hall–Kier alpha value is -1.91. The Labute approximate surface area is 104 Å². The number of anilines is 1. The van der Waals surface area contributed by atoms with Gasteiger partial charge in [0.05, 0.1) is 25.4 Å². The second-order valence-electron chi connectivity index (χ2n) is 4.18. The number of benzene rings is 1. The van der Waals surface area contributed by atoms with Crippen molar-refractivity contribution in [2.24, 2.45) is 0 Å². The molecule has 1 aromatic carbocycles. The molecule has 96 valence electrons. The van der Waals surface area contributed by atoms with Gasteiger partial charge in [0.1, 0.15) is 0 Å². The third kappa shape index (κ3) is 2.34. The van der Waals surface area contributed by atoms with Crippen molar-refractivity contribution in [3.05, 3.63) is 29.3 Å². The van der Waals surface area contributed by atoms with Gasteiger partial charge < -0.3 is 10.1 Å². The van der Waals surface area contributed by atoms with Crippen LogP contribution in [0, 0.1) is 0 Å². The second kappa shape index (κ2) is 5.16. The molecule has 5 heteroatoms. The lowest BCUT2D eigenvalue weighted by atomic mass is 9.94. The van der Waals surface area contributed by atoms with E-state index in [1.165, 1.54) is 7.11 Å². The summed E-state index contributed by atoms with van der Waals surface area (Å²) in [4.78, 5) is 23.1. The maximum absolute atomic E-state index is 12.3. The summed E-state index contributed by atoms with van der Waals surface area (Å²) in [6.45, 7) is -0.529. The predicted molar refractivity (Wildman–Crippen MR) is 64.5 cm³/mol. The Morgan fingerprint density at radius 3 is 3.00 bits per heavy atom. The van der Waals surface area contributed by atoms with Crippen LogP contribution in [0.15, 0.2) is 18.2 Å². The Morgan fingerprint density at radius 1 is 1.56 bits per heavy atom. The molecule has 0 fully saturated rings. The summed E-state index contributed by atoms with van der Waals surface area (Å²) in [5.41, 5.74) is 1.94. The summed E-state index contributed by atoms with van der Waals surface area (Å²) < 4.78 is 16.9. The van der Waals surface area contributed by atoms with Crippen LogP contribution >= 0.6 is 0 Å². The van der Waals surface area contributed by atoms with Crippen LogP contribution in [0.1, 0.15) is 22.3 Å². The Bertz CT molecular complexity index is 487. The van der Waals surface area contributed by atoms with Gasteiger partial charge in [-0.25, -0.2) is 4.79 Å². The second-order valence-corrected chi connectivity index (χ2v) is 4.18. The maximum Gasteiger partial charge on any atom is 0.337 e. The lowest BCUT2D eigenvalue weighted by Crippen LogP contribution is -2.35. The number of alkyl halides is 1. The molecular weight excluding hydrogens is 237 g/mol. The van der Waals surface area contributed by atoms with Crippen molar-refractivity contribution < 1.29 is 18.7 Å². The van der Waals surface area contributed by atoms with Crippen LogP contribution in [0.2, 0.25) is 0 Å². The molecule has 1 unspecified atom stereocenters. The number of ether oxygens (including phenoxy) is 1. The van der Waals surface area contributed by atoms with Gasteiger partial charge in [0.2, 0.25) is 0 Å². The fourth-order valence-electron chi connectivity index (χ4n) is 2.05. The van der Waals surface area contributed by atoms with Gasteiger partial charge in [-0.15, -0.1) is 0 Å². The van der Waals surface area contributed by atoms with Gasteiger partial charge in [0, 0.05) is 18.5 Å². The first-order valence-corrected chi connectivity index (χ1v) is 5.72. The fraction of sp³-hybridized carbons (Fsp3) is 0.385. The summed E-state index contributed by atoms with van der Waals surface area (Å²) in [5.74, 6) is -0.488. The molecule has 0 saturated carbocycles. The molecule has 1 atom stereocenters. The van der Waals surface area contributed by atoms with Crippen LogP contribution in [0.4, 0.5) is 10.1 Å². The molecule has 1 aromatic rings. The summed E-state index contributed by atoms with van der Waals surface area (Å²) in [5, 5.41) is 2.99. The third-order valence-electron chi connectivity index (χ3n) is 3.01. The molecule has 1 aliphatic heterocycles. The Morgan fingerprint density at radius 2 is 2.33 bits per heavy atom. The molecule has 4 nitrogen and oxygen atoms in total. The number of nitrogens with one attached hydrogen (secondary N) is 1. The molecule has 2 rings (SSSR count). The average Bonchev–Trinajstić information content (AvgIpc) is 2.38. The van der Waals surface area contributed by atoms with Crippen molar-refractivity contribution >= 4 is 17.4 Å². The SMILES string of the molecule is COC(=O)c1ccc2c(c1)CC(=O)C(CCF)N2. The van der Waals surface area contributed by atoms with Crippen molar-refractivity contribution in [1.82, 2.24) is 0 Å². The lowest BCUT2D eigenvalue weighted by Gasteiger charge is -2.25. The zero-order valence-electron chi connectivity index (χ0n) is 10.0. The van der Waals surface area contributed by atoms with E-state index in [-0.39, 0.29) is 18.6 Å². The first kappa shape index (κ1) is 12.5. The summed E-state index contributed by atoms with van der Waals surface area (Å²) in [6.07, 6.45) is 0.398. The van der Waals surface area contributed by atoms with Crippen LogP contribution in [-0.4, -0.2) is 31.6 Å². The number of methoxy groups -OCH3 is 1. The Balaban J connectivity index is 2.26. The first-order valence-electron chi connectivity index (χ1n) is 5.72.